The molecule has 0 spiro atoms. The van der Waals surface area contributed by atoms with E-state index in [1.54, 1.807) is 0 Å². The highest BCUT2D eigenvalue weighted by Crippen LogP contribution is 2.48. The molecule has 4 unspecified atom stereocenters. The van der Waals surface area contributed by atoms with Crippen molar-refractivity contribution in [1.82, 2.24) is 9.44 Å². The molecule has 3 N–H and O–H groups in total. The van der Waals surface area contributed by atoms with Crippen LogP contribution in [0.15, 0.2) is 0 Å². The smallest absolute Gasteiger partial charge is 0.402 e. The van der Waals surface area contributed by atoms with Crippen molar-refractivity contribution >= 4 is 16.2 Å². The van der Waals surface area contributed by atoms with Gasteiger partial charge in [-0.3, -0.25) is 4.79 Å². The molecule has 0 saturated heterocycles. The first-order valence-corrected chi connectivity index (χ1v) is 7.64. The van der Waals surface area contributed by atoms with Gasteiger partial charge in [-0.1, -0.05) is 0 Å². The number of hydrogen-bond donors (Lipinski definition) is 3. The molecule has 2 bridgehead atoms. The van der Waals surface area contributed by atoms with Crippen molar-refractivity contribution in [1.29, 1.82) is 0 Å². The third kappa shape index (κ3) is 3.41. The Labute approximate surface area is 113 Å². The van der Waals surface area contributed by atoms with Crippen LogP contribution in [0.5, 0.6) is 0 Å². The summed E-state index contributed by atoms with van der Waals surface area (Å²) in [5.74, 6) is -2.20. The number of rotatable bonds is 5. The molecular formula is C10H15F3N2O4S. The van der Waals surface area contributed by atoms with Gasteiger partial charge in [-0.05, 0) is 31.1 Å². The number of carboxylic acids is 1. The second kappa shape index (κ2) is 5.15. The monoisotopic (exact) mass is 316 g/mol. The zero-order valence-electron chi connectivity index (χ0n) is 10.4. The van der Waals surface area contributed by atoms with Crippen LogP contribution in [0.25, 0.3) is 0 Å². The summed E-state index contributed by atoms with van der Waals surface area (Å²) in [6, 6.07) is -0.836. The van der Waals surface area contributed by atoms with Gasteiger partial charge in [0.25, 0.3) is 10.2 Å². The van der Waals surface area contributed by atoms with Crippen LogP contribution >= 0.6 is 0 Å². The Morgan fingerprint density at radius 3 is 2.40 bits per heavy atom. The van der Waals surface area contributed by atoms with Crippen molar-refractivity contribution in [2.24, 2.45) is 17.8 Å². The first kappa shape index (κ1) is 15.5. The lowest BCUT2D eigenvalue weighted by molar-refractivity contribution is -0.144. The van der Waals surface area contributed by atoms with Crippen molar-refractivity contribution in [2.45, 2.75) is 31.5 Å². The zero-order valence-corrected chi connectivity index (χ0v) is 11.2. The van der Waals surface area contributed by atoms with Crippen LogP contribution in [0.1, 0.15) is 19.3 Å². The lowest BCUT2D eigenvalue weighted by Gasteiger charge is -2.28. The normalized spacial score (nSPS) is 33.5. The van der Waals surface area contributed by atoms with Gasteiger partial charge in [0.15, 0.2) is 0 Å². The van der Waals surface area contributed by atoms with Gasteiger partial charge < -0.3 is 5.11 Å². The Morgan fingerprint density at radius 1 is 1.25 bits per heavy atom. The predicted molar refractivity (Wildman–Crippen MR) is 61.9 cm³/mol. The first-order valence-electron chi connectivity index (χ1n) is 6.15. The van der Waals surface area contributed by atoms with Crippen LogP contribution in [0.4, 0.5) is 13.2 Å². The standard InChI is InChI=1S/C10H15F3N2O4S/c11-10(12,13)4-14-20(18,19)15-8-6-2-1-5(3-6)7(8)9(16)17/h5-8,14-15H,1-4H2,(H,16,17). The van der Waals surface area contributed by atoms with Crippen molar-refractivity contribution < 1.29 is 31.5 Å². The van der Waals surface area contributed by atoms with Crippen molar-refractivity contribution in [2.75, 3.05) is 6.54 Å². The van der Waals surface area contributed by atoms with Crippen LogP contribution in [-0.2, 0) is 15.0 Å². The number of aliphatic carboxylic acids is 1. The Hall–Kier alpha value is -0.870. The molecular weight excluding hydrogens is 301 g/mol. The van der Waals surface area contributed by atoms with E-state index in [1.165, 1.54) is 4.72 Å². The molecule has 0 amide bonds. The molecule has 10 heteroatoms. The average molecular weight is 316 g/mol. The summed E-state index contributed by atoms with van der Waals surface area (Å²) in [6.07, 6.45) is -2.64. The first-order chi connectivity index (χ1) is 9.09. The Morgan fingerprint density at radius 2 is 1.85 bits per heavy atom. The summed E-state index contributed by atoms with van der Waals surface area (Å²) in [6.45, 7) is -1.68. The van der Waals surface area contributed by atoms with E-state index in [4.69, 9.17) is 5.11 Å². The molecule has 0 aromatic carbocycles. The lowest BCUT2D eigenvalue weighted by Crippen LogP contribution is -2.51. The topological polar surface area (TPSA) is 95.5 Å². The largest absolute Gasteiger partial charge is 0.481 e. The Kier molecular flexibility index (Phi) is 4.00. The van der Waals surface area contributed by atoms with Crippen molar-refractivity contribution in [3.8, 4) is 0 Å². The molecule has 2 aliphatic carbocycles. The molecule has 0 aliphatic heterocycles. The molecule has 0 heterocycles. The van der Waals surface area contributed by atoms with Crippen LogP contribution in [0.3, 0.4) is 0 Å². The molecule has 6 nitrogen and oxygen atoms in total. The molecule has 0 aromatic heterocycles. The number of halogens is 3. The fourth-order valence-electron chi connectivity index (χ4n) is 3.21. The average Bonchev–Trinajstić information content (AvgIpc) is 2.85. The van der Waals surface area contributed by atoms with E-state index < -0.39 is 40.9 Å². The minimum absolute atomic E-state index is 0.104. The quantitative estimate of drug-likeness (QED) is 0.687. The molecule has 20 heavy (non-hydrogen) atoms. The van der Waals surface area contributed by atoms with Gasteiger partial charge in [0, 0.05) is 6.04 Å². The third-order valence-corrected chi connectivity index (χ3v) is 5.06. The fourth-order valence-corrected chi connectivity index (χ4v) is 4.35. The fraction of sp³-hybridized carbons (Fsp3) is 0.900. The summed E-state index contributed by atoms with van der Waals surface area (Å²) in [5.41, 5.74) is 0. The summed E-state index contributed by atoms with van der Waals surface area (Å²) in [4.78, 5) is 11.2. The highest BCUT2D eigenvalue weighted by molar-refractivity contribution is 7.87. The SMILES string of the molecule is O=C(O)C1C2CCC(C2)C1NS(=O)(=O)NCC(F)(F)F. The van der Waals surface area contributed by atoms with Gasteiger partial charge >= 0.3 is 12.1 Å². The van der Waals surface area contributed by atoms with Crippen LogP contribution in [-0.4, -0.2) is 38.3 Å². The maximum absolute atomic E-state index is 12.0. The van der Waals surface area contributed by atoms with Gasteiger partial charge in [0.2, 0.25) is 0 Å². The molecule has 116 valence electrons. The second-order valence-corrected chi connectivity index (χ2v) is 6.81. The highest BCUT2D eigenvalue weighted by atomic mass is 32.2. The molecule has 2 rings (SSSR count). The van der Waals surface area contributed by atoms with Gasteiger partial charge in [-0.2, -0.15) is 31.0 Å². The number of fused-ring (bicyclic) bond motifs is 2. The van der Waals surface area contributed by atoms with E-state index in [0.29, 0.717) is 12.8 Å². The third-order valence-electron chi connectivity index (χ3n) is 3.96. The van der Waals surface area contributed by atoms with Crippen molar-refractivity contribution in [3.05, 3.63) is 0 Å². The number of nitrogens with one attached hydrogen (secondary N) is 2. The van der Waals surface area contributed by atoms with Crippen molar-refractivity contribution in [3.63, 3.8) is 0 Å². The van der Waals surface area contributed by atoms with E-state index in [0.717, 1.165) is 6.42 Å². The van der Waals surface area contributed by atoms with Gasteiger partial charge in [-0.15, -0.1) is 0 Å². The van der Waals surface area contributed by atoms with Gasteiger partial charge in [0.05, 0.1) is 5.92 Å². The molecule has 0 aromatic rings. The number of carbonyl (C=O) groups is 1. The van der Waals surface area contributed by atoms with E-state index in [2.05, 4.69) is 4.72 Å². The molecule has 2 aliphatic rings. The summed E-state index contributed by atoms with van der Waals surface area (Å²) in [7, 11) is -4.37. The van der Waals surface area contributed by atoms with Crippen LogP contribution < -0.4 is 9.44 Å². The molecule has 4 atom stereocenters. The lowest BCUT2D eigenvalue weighted by atomic mass is 9.85. The molecule has 0 radical (unpaired) electrons. The van der Waals surface area contributed by atoms with Crippen LogP contribution in [0.2, 0.25) is 0 Å². The van der Waals surface area contributed by atoms with E-state index in [9.17, 15) is 26.4 Å². The Bertz CT molecular complexity index is 493. The number of alkyl halides is 3. The van der Waals surface area contributed by atoms with E-state index >= 15 is 0 Å². The molecule has 2 saturated carbocycles. The number of carboxylic acid groups (broad SMARTS) is 1. The summed E-state index contributed by atoms with van der Waals surface area (Å²) in [5, 5.41) is 9.13. The molecule has 2 fully saturated rings. The summed E-state index contributed by atoms with van der Waals surface area (Å²) < 4.78 is 62.6. The summed E-state index contributed by atoms with van der Waals surface area (Å²) >= 11 is 0. The minimum Gasteiger partial charge on any atom is -0.481 e. The zero-order chi connectivity index (χ0) is 15.1. The van der Waals surface area contributed by atoms with Gasteiger partial charge in [0.1, 0.15) is 6.54 Å². The minimum atomic E-state index is -4.66. The maximum atomic E-state index is 12.0. The second-order valence-electron chi connectivity index (χ2n) is 5.28. The number of hydrogen-bond acceptors (Lipinski definition) is 3. The van der Waals surface area contributed by atoms with E-state index in [1.807, 2.05) is 0 Å². The van der Waals surface area contributed by atoms with Crippen LogP contribution in [0, 0.1) is 17.8 Å². The van der Waals surface area contributed by atoms with Gasteiger partial charge in [-0.25, -0.2) is 0 Å². The predicted octanol–water partition coefficient (Wildman–Crippen LogP) is 0.472. The van der Waals surface area contributed by atoms with E-state index in [-0.39, 0.29) is 11.8 Å². The Balaban J connectivity index is 2.03. The maximum Gasteiger partial charge on any atom is 0.402 e. The highest BCUT2D eigenvalue weighted by Gasteiger charge is 2.52.